The molecule has 1 aromatic heterocycles. The fourth-order valence-corrected chi connectivity index (χ4v) is 1.46. The summed E-state index contributed by atoms with van der Waals surface area (Å²) in [6, 6.07) is 1.62. The quantitative estimate of drug-likeness (QED) is 0.695. The van der Waals surface area contributed by atoms with Crippen LogP contribution in [0.2, 0.25) is 0 Å². The monoisotopic (exact) mass is 179 g/mol. The minimum absolute atomic E-state index is 0.173. The van der Waals surface area contributed by atoms with Gasteiger partial charge < -0.3 is 0 Å². The second kappa shape index (κ2) is 3.44. The molecule has 13 heavy (non-hydrogen) atoms. The van der Waals surface area contributed by atoms with Gasteiger partial charge in [-0.05, 0) is 37.3 Å². The Labute approximate surface area is 78.0 Å². The number of halogens is 1. The van der Waals surface area contributed by atoms with Crippen LogP contribution in [0.1, 0.15) is 30.5 Å². The van der Waals surface area contributed by atoms with Gasteiger partial charge in [0.15, 0.2) is 0 Å². The van der Waals surface area contributed by atoms with Crippen molar-refractivity contribution < 1.29 is 4.39 Å². The van der Waals surface area contributed by atoms with Gasteiger partial charge in [0, 0.05) is 6.20 Å². The fourth-order valence-electron chi connectivity index (χ4n) is 1.46. The molecule has 0 saturated heterocycles. The lowest BCUT2D eigenvalue weighted by molar-refractivity contribution is 0.604. The molecular weight excluding hydrogens is 165 g/mol. The summed E-state index contributed by atoms with van der Waals surface area (Å²) in [7, 11) is 0. The average molecular weight is 179 g/mol. The van der Waals surface area contributed by atoms with Crippen LogP contribution in [0.4, 0.5) is 4.39 Å². The second-order valence-corrected chi connectivity index (χ2v) is 3.89. The van der Waals surface area contributed by atoms with E-state index >= 15 is 0 Å². The molecule has 0 N–H and O–H groups in total. The Hall–Kier alpha value is -0.920. The van der Waals surface area contributed by atoms with Gasteiger partial charge in [-0.1, -0.05) is 12.8 Å². The van der Waals surface area contributed by atoms with E-state index in [1.54, 1.807) is 19.2 Å². The van der Waals surface area contributed by atoms with Gasteiger partial charge in [0.1, 0.15) is 5.82 Å². The number of rotatable bonds is 3. The molecule has 0 unspecified atom stereocenters. The third-order valence-corrected chi connectivity index (χ3v) is 2.62. The molecule has 70 valence electrons. The van der Waals surface area contributed by atoms with Gasteiger partial charge in [0.25, 0.3) is 0 Å². The Morgan fingerprint density at radius 3 is 2.92 bits per heavy atom. The zero-order chi connectivity index (χ0) is 9.26. The molecule has 1 saturated carbocycles. The summed E-state index contributed by atoms with van der Waals surface area (Å²) in [5, 5.41) is 0. The van der Waals surface area contributed by atoms with Gasteiger partial charge in [0.2, 0.25) is 0 Å². The second-order valence-electron chi connectivity index (χ2n) is 3.89. The van der Waals surface area contributed by atoms with Crippen molar-refractivity contribution in [2.45, 2.75) is 32.6 Å². The lowest BCUT2D eigenvalue weighted by atomic mass is 10.1. The Morgan fingerprint density at radius 2 is 2.31 bits per heavy atom. The van der Waals surface area contributed by atoms with Crippen molar-refractivity contribution in [3.8, 4) is 0 Å². The van der Waals surface area contributed by atoms with Crippen molar-refractivity contribution in [3.05, 3.63) is 29.3 Å². The molecule has 0 atom stereocenters. The van der Waals surface area contributed by atoms with Crippen molar-refractivity contribution in [3.63, 3.8) is 0 Å². The summed E-state index contributed by atoms with van der Waals surface area (Å²) in [6.07, 6.45) is 6.70. The molecule has 1 heterocycles. The highest BCUT2D eigenvalue weighted by atomic mass is 19.1. The maximum atomic E-state index is 13.1. The van der Waals surface area contributed by atoms with E-state index in [2.05, 4.69) is 4.98 Å². The third-order valence-electron chi connectivity index (χ3n) is 2.62. The van der Waals surface area contributed by atoms with Crippen molar-refractivity contribution in [2.24, 2.45) is 5.92 Å². The predicted octanol–water partition coefficient (Wildman–Crippen LogP) is 2.87. The predicted molar refractivity (Wildman–Crippen MR) is 50.0 cm³/mol. The van der Waals surface area contributed by atoms with Gasteiger partial charge in [-0.15, -0.1) is 0 Å². The maximum Gasteiger partial charge on any atom is 0.144 e. The van der Waals surface area contributed by atoms with Gasteiger partial charge in [-0.3, -0.25) is 4.98 Å². The molecule has 0 aliphatic heterocycles. The molecular formula is C11H14FN. The summed E-state index contributed by atoms with van der Waals surface area (Å²) in [5.74, 6) is 0.734. The first-order valence-corrected chi connectivity index (χ1v) is 4.87. The van der Waals surface area contributed by atoms with Crippen LogP contribution in [0.3, 0.4) is 0 Å². The van der Waals surface area contributed by atoms with E-state index in [1.165, 1.54) is 19.3 Å². The Bertz CT molecular complexity index is 305. The van der Waals surface area contributed by atoms with E-state index in [9.17, 15) is 4.39 Å². The molecule has 0 spiro atoms. The standard InChI is InChI=1S/C11H14FN/c1-8-11(12)6-10(7-13-8)5-4-9-2-3-9/h6-7,9H,2-5H2,1H3. The van der Waals surface area contributed by atoms with Crippen LogP contribution in [0, 0.1) is 18.7 Å². The first-order valence-electron chi connectivity index (χ1n) is 4.87. The fraction of sp³-hybridized carbons (Fsp3) is 0.545. The molecule has 2 rings (SSSR count). The summed E-state index contributed by atoms with van der Waals surface area (Å²) in [5.41, 5.74) is 1.53. The molecule has 1 fully saturated rings. The van der Waals surface area contributed by atoms with Crippen LogP contribution in [0.25, 0.3) is 0 Å². The minimum atomic E-state index is -0.173. The molecule has 1 nitrogen and oxygen atoms in total. The van der Waals surface area contributed by atoms with E-state index in [4.69, 9.17) is 0 Å². The lowest BCUT2D eigenvalue weighted by Gasteiger charge is -2.01. The number of aromatic nitrogens is 1. The average Bonchev–Trinajstić information content (AvgIpc) is 2.91. The zero-order valence-electron chi connectivity index (χ0n) is 7.89. The first-order chi connectivity index (χ1) is 6.25. The lowest BCUT2D eigenvalue weighted by Crippen LogP contribution is -1.93. The number of hydrogen-bond donors (Lipinski definition) is 0. The van der Waals surface area contributed by atoms with Crippen LogP contribution >= 0.6 is 0 Å². The Balaban J connectivity index is 1.98. The highest BCUT2D eigenvalue weighted by Gasteiger charge is 2.20. The number of nitrogens with zero attached hydrogens (tertiary/aromatic N) is 1. The molecule has 1 aromatic rings. The van der Waals surface area contributed by atoms with Crippen LogP contribution in [-0.4, -0.2) is 4.98 Å². The number of pyridine rings is 1. The number of hydrogen-bond acceptors (Lipinski definition) is 1. The van der Waals surface area contributed by atoms with Crippen LogP contribution in [0.5, 0.6) is 0 Å². The van der Waals surface area contributed by atoms with Gasteiger partial charge in [0.05, 0.1) is 5.69 Å². The summed E-state index contributed by atoms with van der Waals surface area (Å²) in [6.45, 7) is 1.69. The minimum Gasteiger partial charge on any atom is -0.258 e. The van der Waals surface area contributed by atoms with Gasteiger partial charge in [-0.25, -0.2) is 4.39 Å². The molecule has 1 aliphatic carbocycles. The molecule has 0 amide bonds. The molecule has 1 aliphatic rings. The van der Waals surface area contributed by atoms with Gasteiger partial charge >= 0.3 is 0 Å². The maximum absolute atomic E-state index is 13.1. The normalized spacial score (nSPS) is 16.2. The summed E-state index contributed by atoms with van der Waals surface area (Å²) < 4.78 is 13.1. The van der Waals surface area contributed by atoms with Crippen LogP contribution in [0.15, 0.2) is 12.3 Å². The smallest absolute Gasteiger partial charge is 0.144 e. The highest BCUT2D eigenvalue weighted by Crippen LogP contribution is 2.33. The van der Waals surface area contributed by atoms with Crippen molar-refractivity contribution >= 4 is 0 Å². The zero-order valence-corrected chi connectivity index (χ0v) is 7.89. The van der Waals surface area contributed by atoms with Crippen LogP contribution < -0.4 is 0 Å². The van der Waals surface area contributed by atoms with Crippen LogP contribution in [-0.2, 0) is 6.42 Å². The highest BCUT2D eigenvalue weighted by molar-refractivity contribution is 5.15. The van der Waals surface area contributed by atoms with E-state index in [0.717, 1.165) is 17.9 Å². The Morgan fingerprint density at radius 1 is 1.54 bits per heavy atom. The summed E-state index contributed by atoms with van der Waals surface area (Å²) in [4.78, 5) is 4.00. The van der Waals surface area contributed by atoms with Crippen molar-refractivity contribution in [1.29, 1.82) is 0 Å². The van der Waals surface area contributed by atoms with Crippen molar-refractivity contribution in [1.82, 2.24) is 4.98 Å². The van der Waals surface area contributed by atoms with E-state index in [1.807, 2.05) is 0 Å². The SMILES string of the molecule is Cc1ncc(CCC2CC2)cc1F. The number of aryl methyl sites for hydroxylation is 2. The first kappa shape index (κ1) is 8.67. The largest absolute Gasteiger partial charge is 0.258 e. The molecule has 2 heteroatoms. The Kier molecular flexibility index (Phi) is 2.30. The summed E-state index contributed by atoms with van der Waals surface area (Å²) >= 11 is 0. The third kappa shape index (κ3) is 2.27. The van der Waals surface area contributed by atoms with E-state index < -0.39 is 0 Å². The molecule has 0 radical (unpaired) electrons. The van der Waals surface area contributed by atoms with Crippen molar-refractivity contribution in [2.75, 3.05) is 0 Å². The topological polar surface area (TPSA) is 12.9 Å². The van der Waals surface area contributed by atoms with Gasteiger partial charge in [-0.2, -0.15) is 0 Å². The molecule has 0 aromatic carbocycles. The van der Waals surface area contributed by atoms with E-state index in [-0.39, 0.29) is 5.82 Å². The van der Waals surface area contributed by atoms with E-state index in [0.29, 0.717) is 5.69 Å². The molecule has 0 bridgehead atoms.